The maximum absolute atomic E-state index is 10.2. The molecule has 2 aliphatic carbocycles. The molecule has 0 aromatic rings. The van der Waals surface area contributed by atoms with E-state index in [4.69, 9.17) is 0 Å². The molecule has 0 saturated heterocycles. The molecule has 2 saturated carbocycles. The molecule has 2 aliphatic rings. The van der Waals surface area contributed by atoms with Crippen molar-refractivity contribution in [2.75, 3.05) is 0 Å². The maximum atomic E-state index is 10.2. The van der Waals surface area contributed by atoms with Gasteiger partial charge in [-0.25, -0.2) is 0 Å². The number of rotatable bonds is 16. The summed E-state index contributed by atoms with van der Waals surface area (Å²) in [4.78, 5) is 0. The van der Waals surface area contributed by atoms with Crippen molar-refractivity contribution in [1.82, 2.24) is 0 Å². The van der Waals surface area contributed by atoms with Gasteiger partial charge in [0.25, 0.3) is 0 Å². The van der Waals surface area contributed by atoms with Gasteiger partial charge in [-0.2, -0.15) is 0 Å². The Morgan fingerprint density at radius 2 is 0.952 bits per heavy atom. The molecule has 2 rings (SSSR count). The maximum Gasteiger partial charge on any atom is 0.0548 e. The summed E-state index contributed by atoms with van der Waals surface area (Å²) in [5.41, 5.74) is 0.521. The predicted octanol–water partition coefficient (Wildman–Crippen LogP) is 11.2. The highest BCUT2D eigenvalue weighted by atomic mass is 16.3. The average molecular weight is 585 g/mol. The molecule has 244 valence electrons. The molecule has 0 aromatic carbocycles. The molecule has 0 amide bonds. The number of aliphatic hydroxyl groups excluding tert-OH is 2. The highest BCUT2D eigenvalue weighted by Crippen LogP contribution is 2.47. The largest absolute Gasteiger partial charge is 0.393 e. The van der Waals surface area contributed by atoms with Gasteiger partial charge in [-0.1, -0.05) is 119 Å². The van der Waals surface area contributed by atoms with Crippen LogP contribution in [0.4, 0.5) is 0 Å². The Morgan fingerprint density at radius 1 is 0.595 bits per heavy atom. The molecule has 0 radical (unpaired) electrons. The molecular formula is C40H72O2. The molecule has 2 N–H and O–H groups in total. The van der Waals surface area contributed by atoms with Gasteiger partial charge in [0.2, 0.25) is 0 Å². The first kappa shape index (κ1) is 37.3. The summed E-state index contributed by atoms with van der Waals surface area (Å²) in [5.74, 6) is 5.37. The molecule has 42 heavy (non-hydrogen) atoms. The van der Waals surface area contributed by atoms with Crippen LogP contribution in [0.2, 0.25) is 0 Å². The van der Waals surface area contributed by atoms with Crippen molar-refractivity contribution in [1.29, 1.82) is 0 Å². The lowest BCUT2D eigenvalue weighted by atomic mass is 9.61. The Morgan fingerprint density at radius 3 is 1.29 bits per heavy atom. The fourth-order valence-electron chi connectivity index (χ4n) is 8.79. The lowest BCUT2D eigenvalue weighted by Crippen LogP contribution is -2.40. The minimum Gasteiger partial charge on any atom is -0.393 e. The monoisotopic (exact) mass is 585 g/mol. The number of aliphatic hydroxyl groups is 2. The number of hydrogen-bond acceptors (Lipinski definition) is 2. The Balaban J connectivity index is 1.60. The summed E-state index contributed by atoms with van der Waals surface area (Å²) in [6.07, 6.45) is 27.9. The van der Waals surface area contributed by atoms with Crippen LogP contribution >= 0.6 is 0 Å². The van der Waals surface area contributed by atoms with Crippen LogP contribution in [0.15, 0.2) is 36.5 Å². The van der Waals surface area contributed by atoms with E-state index in [1.54, 1.807) is 0 Å². The summed E-state index contributed by atoms with van der Waals surface area (Å²) in [5, 5.41) is 20.4. The third-order valence-corrected chi connectivity index (χ3v) is 11.3. The molecule has 2 fully saturated rings. The third-order valence-electron chi connectivity index (χ3n) is 11.3. The minimum absolute atomic E-state index is 0.105. The van der Waals surface area contributed by atoms with E-state index >= 15 is 0 Å². The van der Waals surface area contributed by atoms with Gasteiger partial charge in [-0.15, -0.1) is 0 Å². The van der Waals surface area contributed by atoms with Crippen molar-refractivity contribution >= 4 is 0 Å². The van der Waals surface area contributed by atoms with E-state index in [1.165, 1.54) is 38.5 Å². The molecule has 0 bridgehead atoms. The fourth-order valence-corrected chi connectivity index (χ4v) is 8.79. The van der Waals surface area contributed by atoms with E-state index in [-0.39, 0.29) is 23.0 Å². The van der Waals surface area contributed by atoms with Crippen LogP contribution in [0.3, 0.4) is 0 Å². The van der Waals surface area contributed by atoms with Gasteiger partial charge >= 0.3 is 0 Å². The van der Waals surface area contributed by atoms with Crippen molar-refractivity contribution in [2.24, 2.45) is 58.2 Å². The smallest absolute Gasteiger partial charge is 0.0548 e. The standard InChI is InChI=1S/C40H72O2/c1-29(17-13-19-31(3)21-23-37-33(5)25-35(41)27-39(37,7)8)15-11-12-16-30(2)18-14-20-32(4)22-24-38-34(6)26-36(42)28-40(38,9)10/h11-14,17-18,29-38,41-42H,15-16,19-28H2,1-10H3/b12-11+,17-13+,18-14+/t29-,30+,31+,32-,33-,34-,35-,36-,37+,38+/m1/s1. The van der Waals surface area contributed by atoms with E-state index in [1.807, 2.05) is 0 Å². The molecule has 10 atom stereocenters. The number of allylic oxidation sites excluding steroid dienone is 6. The highest BCUT2D eigenvalue weighted by Gasteiger charge is 2.41. The second kappa shape index (κ2) is 17.6. The second-order valence-electron chi connectivity index (χ2n) is 16.9. The topological polar surface area (TPSA) is 40.5 Å². The summed E-state index contributed by atoms with van der Waals surface area (Å²) in [6.45, 7) is 23.6. The normalized spacial score (nSPS) is 32.9. The summed E-state index contributed by atoms with van der Waals surface area (Å²) in [6, 6.07) is 0. The van der Waals surface area contributed by atoms with Crippen LogP contribution in [0.25, 0.3) is 0 Å². The van der Waals surface area contributed by atoms with E-state index in [2.05, 4.69) is 106 Å². The molecule has 0 spiro atoms. The van der Waals surface area contributed by atoms with E-state index in [0.717, 1.165) is 62.2 Å². The van der Waals surface area contributed by atoms with Gasteiger partial charge in [0, 0.05) is 0 Å². The molecule has 0 aliphatic heterocycles. The van der Waals surface area contributed by atoms with Gasteiger partial charge in [0.05, 0.1) is 12.2 Å². The first-order valence-corrected chi connectivity index (χ1v) is 17.9. The summed E-state index contributed by atoms with van der Waals surface area (Å²) in [7, 11) is 0. The zero-order valence-electron chi connectivity index (χ0n) is 29.6. The quantitative estimate of drug-likeness (QED) is 0.177. The van der Waals surface area contributed by atoms with Crippen molar-refractivity contribution in [2.45, 2.75) is 158 Å². The SMILES string of the molecule is C[C@H](C/C=C/[C@@H](C)C/C=C/C[C@@H](C)/C=C/C[C@H](C)CC[C@H]1[C@H](C)C[C@@H](O)CC1(C)C)CC[C@H]1[C@H](C)C[C@@H](O)CC1(C)C. The summed E-state index contributed by atoms with van der Waals surface area (Å²) < 4.78 is 0. The average Bonchev–Trinajstić information content (AvgIpc) is 2.84. The van der Waals surface area contributed by atoms with Gasteiger partial charge in [0.1, 0.15) is 0 Å². The first-order valence-electron chi connectivity index (χ1n) is 17.9. The van der Waals surface area contributed by atoms with Crippen LogP contribution < -0.4 is 0 Å². The van der Waals surface area contributed by atoms with E-state index < -0.39 is 0 Å². The van der Waals surface area contributed by atoms with Crippen molar-refractivity contribution in [3.63, 3.8) is 0 Å². The van der Waals surface area contributed by atoms with Crippen LogP contribution in [-0.2, 0) is 0 Å². The van der Waals surface area contributed by atoms with Crippen LogP contribution in [0.5, 0.6) is 0 Å². The lowest BCUT2D eigenvalue weighted by molar-refractivity contribution is -0.0177. The van der Waals surface area contributed by atoms with Crippen molar-refractivity contribution in [3.8, 4) is 0 Å². The van der Waals surface area contributed by atoms with Crippen LogP contribution in [-0.4, -0.2) is 22.4 Å². The second-order valence-corrected chi connectivity index (χ2v) is 16.9. The zero-order valence-corrected chi connectivity index (χ0v) is 29.6. The first-order chi connectivity index (χ1) is 19.6. The Kier molecular flexibility index (Phi) is 15.6. The number of hydrogen-bond donors (Lipinski definition) is 2. The Labute approximate surface area is 262 Å². The molecule has 2 heteroatoms. The van der Waals surface area contributed by atoms with E-state index in [9.17, 15) is 10.2 Å². The predicted molar refractivity (Wildman–Crippen MR) is 184 cm³/mol. The molecule has 0 unspecified atom stereocenters. The van der Waals surface area contributed by atoms with Gasteiger partial charge in [0.15, 0.2) is 0 Å². The highest BCUT2D eigenvalue weighted by molar-refractivity contribution is 4.97. The van der Waals surface area contributed by atoms with Crippen LogP contribution in [0.1, 0.15) is 146 Å². The molecule has 2 nitrogen and oxygen atoms in total. The molecule has 0 aromatic heterocycles. The van der Waals surface area contributed by atoms with Crippen LogP contribution in [0, 0.1) is 58.2 Å². The Bertz CT molecular complexity index is 767. The van der Waals surface area contributed by atoms with Gasteiger partial charge in [-0.3, -0.25) is 0 Å². The third kappa shape index (κ3) is 13.0. The lowest BCUT2D eigenvalue weighted by Gasteiger charge is -2.45. The van der Waals surface area contributed by atoms with Crippen molar-refractivity contribution in [3.05, 3.63) is 36.5 Å². The Hall–Kier alpha value is -0.860. The zero-order chi connectivity index (χ0) is 31.5. The van der Waals surface area contributed by atoms with E-state index in [0.29, 0.717) is 23.7 Å². The van der Waals surface area contributed by atoms with Gasteiger partial charge < -0.3 is 10.2 Å². The molecule has 0 heterocycles. The molecular weight excluding hydrogens is 512 g/mol. The minimum atomic E-state index is -0.105. The fraction of sp³-hybridized carbons (Fsp3) is 0.850. The van der Waals surface area contributed by atoms with Crippen molar-refractivity contribution < 1.29 is 10.2 Å². The summed E-state index contributed by atoms with van der Waals surface area (Å²) >= 11 is 0. The van der Waals surface area contributed by atoms with Gasteiger partial charge in [-0.05, 0) is 122 Å².